The first kappa shape index (κ1) is 7.73. The van der Waals surface area contributed by atoms with Crippen LogP contribution in [0.3, 0.4) is 0 Å². The van der Waals surface area contributed by atoms with Crippen molar-refractivity contribution in [1.82, 2.24) is 0 Å². The Labute approximate surface area is 61.8 Å². The zero-order chi connectivity index (χ0) is 7.56. The molecular formula is C8H15NO. The minimum atomic E-state index is 0.265. The van der Waals surface area contributed by atoms with E-state index in [1.165, 1.54) is 0 Å². The number of rotatable bonds is 0. The normalized spacial score (nSPS) is 35.6. The van der Waals surface area contributed by atoms with E-state index in [-0.39, 0.29) is 6.04 Å². The Bertz CT molecular complexity index is 133. The van der Waals surface area contributed by atoms with Gasteiger partial charge in [0.25, 0.3) is 0 Å². The molecule has 0 amide bonds. The summed E-state index contributed by atoms with van der Waals surface area (Å²) in [6.45, 7) is 2.10. The van der Waals surface area contributed by atoms with Gasteiger partial charge in [0.1, 0.15) is 5.78 Å². The summed E-state index contributed by atoms with van der Waals surface area (Å²) in [6, 6.07) is 0.265. The summed E-state index contributed by atoms with van der Waals surface area (Å²) >= 11 is 0. The number of Topliss-reactive ketones (excluding diaryl/α,β-unsaturated/α-hetero) is 1. The van der Waals surface area contributed by atoms with Gasteiger partial charge in [0.2, 0.25) is 0 Å². The van der Waals surface area contributed by atoms with Crippen LogP contribution in [0, 0.1) is 5.92 Å². The molecule has 0 bridgehead atoms. The average molecular weight is 141 g/mol. The Morgan fingerprint density at radius 2 is 2.30 bits per heavy atom. The van der Waals surface area contributed by atoms with Crippen molar-refractivity contribution in [2.24, 2.45) is 11.7 Å². The standard InChI is InChI=1S/C8H15NO/c1-6-4-7(9)2-3-8(10)5-6/h6-7H,2-5,9H2,1H3. The Kier molecular flexibility index (Phi) is 2.44. The summed E-state index contributed by atoms with van der Waals surface area (Å²) in [5.74, 6) is 0.894. The average Bonchev–Trinajstić information content (AvgIpc) is 1.93. The van der Waals surface area contributed by atoms with Gasteiger partial charge in [-0.15, -0.1) is 0 Å². The third-order valence-electron chi connectivity index (χ3n) is 2.08. The SMILES string of the molecule is CC1CC(=O)CCC(N)C1. The lowest BCUT2D eigenvalue weighted by Gasteiger charge is -2.09. The molecule has 0 radical (unpaired) electrons. The molecule has 1 aliphatic carbocycles. The maximum Gasteiger partial charge on any atom is 0.133 e. The molecule has 1 fully saturated rings. The lowest BCUT2D eigenvalue weighted by molar-refractivity contribution is -0.119. The van der Waals surface area contributed by atoms with Crippen molar-refractivity contribution in [2.45, 2.75) is 38.6 Å². The van der Waals surface area contributed by atoms with Gasteiger partial charge in [-0.05, 0) is 18.8 Å². The van der Waals surface area contributed by atoms with Crippen molar-refractivity contribution in [2.75, 3.05) is 0 Å². The van der Waals surface area contributed by atoms with E-state index < -0.39 is 0 Å². The second kappa shape index (κ2) is 3.15. The first-order valence-corrected chi connectivity index (χ1v) is 3.95. The molecule has 0 aromatic heterocycles. The molecule has 0 spiro atoms. The van der Waals surface area contributed by atoms with Crippen LogP contribution in [0.4, 0.5) is 0 Å². The van der Waals surface area contributed by atoms with Crippen LogP contribution >= 0.6 is 0 Å². The predicted octanol–water partition coefficient (Wildman–Crippen LogP) is 1.09. The zero-order valence-corrected chi connectivity index (χ0v) is 6.47. The third kappa shape index (κ3) is 2.10. The molecule has 0 aromatic carbocycles. The highest BCUT2D eigenvalue weighted by molar-refractivity contribution is 5.78. The van der Waals surface area contributed by atoms with E-state index in [1.807, 2.05) is 0 Å². The molecule has 1 saturated carbocycles. The highest BCUT2D eigenvalue weighted by atomic mass is 16.1. The molecule has 0 saturated heterocycles. The molecule has 2 atom stereocenters. The summed E-state index contributed by atoms with van der Waals surface area (Å²) < 4.78 is 0. The summed E-state index contributed by atoms with van der Waals surface area (Å²) in [5, 5.41) is 0. The second-order valence-corrected chi connectivity index (χ2v) is 3.38. The lowest BCUT2D eigenvalue weighted by atomic mass is 10.0. The highest BCUT2D eigenvalue weighted by Gasteiger charge is 2.18. The summed E-state index contributed by atoms with van der Waals surface area (Å²) in [4.78, 5) is 11.0. The van der Waals surface area contributed by atoms with Crippen molar-refractivity contribution in [1.29, 1.82) is 0 Å². The van der Waals surface area contributed by atoms with Crippen molar-refractivity contribution in [3.8, 4) is 0 Å². The number of carbonyl (C=O) groups is 1. The molecule has 0 heterocycles. The Hall–Kier alpha value is -0.370. The molecule has 0 aromatic rings. The smallest absolute Gasteiger partial charge is 0.133 e. The number of hydrogen-bond acceptors (Lipinski definition) is 2. The van der Waals surface area contributed by atoms with Crippen LogP contribution in [0.25, 0.3) is 0 Å². The molecule has 2 heteroatoms. The van der Waals surface area contributed by atoms with Crippen LogP contribution in [0.15, 0.2) is 0 Å². The fourth-order valence-electron chi connectivity index (χ4n) is 1.56. The zero-order valence-electron chi connectivity index (χ0n) is 6.47. The van der Waals surface area contributed by atoms with Crippen molar-refractivity contribution in [3.05, 3.63) is 0 Å². The molecule has 2 unspecified atom stereocenters. The Morgan fingerprint density at radius 1 is 1.60 bits per heavy atom. The van der Waals surface area contributed by atoms with Crippen molar-refractivity contribution >= 4 is 5.78 Å². The van der Waals surface area contributed by atoms with E-state index in [0.717, 1.165) is 19.3 Å². The van der Waals surface area contributed by atoms with Gasteiger partial charge in [0, 0.05) is 18.9 Å². The number of ketones is 1. The van der Waals surface area contributed by atoms with Crippen molar-refractivity contribution in [3.63, 3.8) is 0 Å². The fraction of sp³-hybridized carbons (Fsp3) is 0.875. The van der Waals surface area contributed by atoms with Gasteiger partial charge in [0.15, 0.2) is 0 Å². The van der Waals surface area contributed by atoms with Gasteiger partial charge in [0.05, 0.1) is 0 Å². The molecule has 2 nitrogen and oxygen atoms in total. The maximum atomic E-state index is 11.0. The molecule has 58 valence electrons. The maximum absolute atomic E-state index is 11.0. The molecule has 2 N–H and O–H groups in total. The van der Waals surface area contributed by atoms with E-state index >= 15 is 0 Å². The van der Waals surface area contributed by atoms with Crippen LogP contribution < -0.4 is 5.73 Å². The Balaban J connectivity index is 2.46. The predicted molar refractivity (Wildman–Crippen MR) is 40.6 cm³/mol. The van der Waals surface area contributed by atoms with Crippen LogP contribution in [-0.4, -0.2) is 11.8 Å². The number of nitrogens with two attached hydrogens (primary N) is 1. The van der Waals surface area contributed by atoms with Crippen LogP contribution in [0.2, 0.25) is 0 Å². The van der Waals surface area contributed by atoms with E-state index in [4.69, 9.17) is 5.73 Å². The van der Waals surface area contributed by atoms with Gasteiger partial charge in [-0.2, -0.15) is 0 Å². The number of hydrogen-bond donors (Lipinski definition) is 1. The van der Waals surface area contributed by atoms with E-state index in [1.54, 1.807) is 0 Å². The van der Waals surface area contributed by atoms with Crippen LogP contribution in [0.5, 0.6) is 0 Å². The summed E-state index contributed by atoms with van der Waals surface area (Å²) in [6.07, 6.45) is 3.36. The molecule has 1 rings (SSSR count). The van der Waals surface area contributed by atoms with Gasteiger partial charge < -0.3 is 5.73 Å². The van der Waals surface area contributed by atoms with E-state index in [9.17, 15) is 4.79 Å². The van der Waals surface area contributed by atoms with E-state index in [0.29, 0.717) is 18.1 Å². The summed E-state index contributed by atoms with van der Waals surface area (Å²) in [5.41, 5.74) is 5.74. The van der Waals surface area contributed by atoms with Crippen LogP contribution in [-0.2, 0) is 4.79 Å². The highest BCUT2D eigenvalue weighted by Crippen LogP contribution is 2.18. The first-order valence-electron chi connectivity index (χ1n) is 3.95. The molecule has 10 heavy (non-hydrogen) atoms. The van der Waals surface area contributed by atoms with Gasteiger partial charge in [-0.3, -0.25) is 4.79 Å². The quantitative estimate of drug-likeness (QED) is 0.513. The number of carbonyl (C=O) groups excluding carboxylic acids is 1. The van der Waals surface area contributed by atoms with E-state index in [2.05, 4.69) is 6.92 Å². The topological polar surface area (TPSA) is 43.1 Å². The monoisotopic (exact) mass is 141 g/mol. The van der Waals surface area contributed by atoms with Gasteiger partial charge in [-0.25, -0.2) is 0 Å². The first-order chi connectivity index (χ1) is 4.68. The summed E-state index contributed by atoms with van der Waals surface area (Å²) in [7, 11) is 0. The van der Waals surface area contributed by atoms with Crippen molar-refractivity contribution < 1.29 is 4.79 Å². The minimum Gasteiger partial charge on any atom is -0.328 e. The van der Waals surface area contributed by atoms with Gasteiger partial charge in [-0.1, -0.05) is 6.92 Å². The largest absolute Gasteiger partial charge is 0.328 e. The van der Waals surface area contributed by atoms with Gasteiger partial charge >= 0.3 is 0 Å². The second-order valence-electron chi connectivity index (χ2n) is 3.38. The Morgan fingerprint density at radius 3 is 3.00 bits per heavy atom. The third-order valence-corrected chi connectivity index (χ3v) is 2.08. The minimum absolute atomic E-state index is 0.265. The molecule has 1 aliphatic rings. The fourth-order valence-corrected chi connectivity index (χ4v) is 1.56. The molecular weight excluding hydrogens is 126 g/mol. The lowest BCUT2D eigenvalue weighted by Crippen LogP contribution is -2.20. The molecule has 0 aliphatic heterocycles. The van der Waals surface area contributed by atoms with Crippen LogP contribution in [0.1, 0.15) is 32.6 Å².